The molecule has 0 atom stereocenters. The SMILES string of the molecule is O=C(CNC(=O)n1ccc2cncnc21)Nc1ccc(N2CCNCC2)cc1. The first-order valence-electron chi connectivity index (χ1n) is 9.11. The molecule has 1 aromatic carbocycles. The summed E-state index contributed by atoms with van der Waals surface area (Å²) in [6.45, 7) is 3.75. The van der Waals surface area contributed by atoms with Gasteiger partial charge in [-0.15, -0.1) is 0 Å². The van der Waals surface area contributed by atoms with Crippen molar-refractivity contribution < 1.29 is 9.59 Å². The Morgan fingerprint density at radius 3 is 2.68 bits per heavy atom. The minimum absolute atomic E-state index is 0.136. The predicted molar refractivity (Wildman–Crippen MR) is 106 cm³/mol. The van der Waals surface area contributed by atoms with Crippen LogP contribution in [-0.4, -0.2) is 59.2 Å². The van der Waals surface area contributed by atoms with Crippen LogP contribution >= 0.6 is 0 Å². The monoisotopic (exact) mass is 379 g/mol. The van der Waals surface area contributed by atoms with Crippen LogP contribution in [0.2, 0.25) is 0 Å². The molecule has 9 heteroatoms. The number of anilines is 2. The summed E-state index contributed by atoms with van der Waals surface area (Å²) in [6, 6.07) is 9.05. The smallest absolute Gasteiger partial charge is 0.327 e. The van der Waals surface area contributed by atoms with Crippen LogP contribution in [0.25, 0.3) is 11.0 Å². The summed E-state index contributed by atoms with van der Waals surface area (Å²) in [6.07, 6.45) is 4.60. The van der Waals surface area contributed by atoms with Gasteiger partial charge in [-0.05, 0) is 30.3 Å². The topological polar surface area (TPSA) is 104 Å². The Bertz CT molecular complexity index is 977. The second-order valence-corrected chi connectivity index (χ2v) is 6.48. The molecule has 3 heterocycles. The number of nitrogens with zero attached hydrogens (tertiary/aromatic N) is 4. The largest absolute Gasteiger partial charge is 0.369 e. The van der Waals surface area contributed by atoms with Crippen molar-refractivity contribution in [2.75, 3.05) is 42.9 Å². The fraction of sp³-hybridized carbons (Fsp3) is 0.263. The summed E-state index contributed by atoms with van der Waals surface area (Å²) in [5.74, 6) is -0.297. The van der Waals surface area contributed by atoms with E-state index in [2.05, 4.69) is 30.8 Å². The van der Waals surface area contributed by atoms with Gasteiger partial charge in [-0.2, -0.15) is 0 Å². The number of nitrogens with one attached hydrogen (secondary N) is 3. The maximum absolute atomic E-state index is 12.3. The third kappa shape index (κ3) is 3.94. The zero-order valence-corrected chi connectivity index (χ0v) is 15.3. The third-order valence-corrected chi connectivity index (χ3v) is 4.60. The number of carbonyl (C=O) groups is 2. The Balaban J connectivity index is 1.31. The van der Waals surface area contributed by atoms with Crippen molar-refractivity contribution in [1.29, 1.82) is 0 Å². The molecule has 2 aromatic heterocycles. The average molecular weight is 379 g/mol. The zero-order valence-electron chi connectivity index (χ0n) is 15.3. The van der Waals surface area contributed by atoms with Gasteiger partial charge in [0.2, 0.25) is 5.91 Å². The van der Waals surface area contributed by atoms with Crippen LogP contribution in [0.5, 0.6) is 0 Å². The lowest BCUT2D eigenvalue weighted by molar-refractivity contribution is -0.115. The van der Waals surface area contributed by atoms with Crippen molar-refractivity contribution in [3.8, 4) is 0 Å². The highest BCUT2D eigenvalue weighted by Crippen LogP contribution is 2.18. The molecule has 4 rings (SSSR count). The number of piperazine rings is 1. The van der Waals surface area contributed by atoms with Crippen molar-refractivity contribution in [1.82, 2.24) is 25.2 Å². The highest BCUT2D eigenvalue weighted by atomic mass is 16.2. The van der Waals surface area contributed by atoms with E-state index in [1.807, 2.05) is 24.3 Å². The highest BCUT2D eigenvalue weighted by molar-refractivity contribution is 5.96. The Hall–Kier alpha value is -3.46. The number of rotatable bonds is 4. The van der Waals surface area contributed by atoms with Crippen LogP contribution in [-0.2, 0) is 4.79 Å². The van der Waals surface area contributed by atoms with Crippen molar-refractivity contribution >= 4 is 34.3 Å². The maximum atomic E-state index is 12.3. The quantitative estimate of drug-likeness (QED) is 0.626. The van der Waals surface area contributed by atoms with Crippen LogP contribution in [0.1, 0.15) is 0 Å². The molecule has 0 bridgehead atoms. The number of amides is 2. The van der Waals surface area contributed by atoms with Gasteiger partial charge in [0, 0.05) is 55.3 Å². The number of fused-ring (bicyclic) bond motifs is 1. The molecule has 28 heavy (non-hydrogen) atoms. The summed E-state index contributed by atoms with van der Waals surface area (Å²) < 4.78 is 1.35. The molecule has 1 aliphatic heterocycles. The van der Waals surface area contributed by atoms with E-state index in [9.17, 15) is 9.59 Å². The highest BCUT2D eigenvalue weighted by Gasteiger charge is 2.12. The van der Waals surface area contributed by atoms with Gasteiger partial charge in [-0.25, -0.2) is 14.8 Å². The predicted octanol–water partition coefficient (Wildman–Crippen LogP) is 1.04. The van der Waals surface area contributed by atoms with Crippen molar-refractivity contribution in [2.24, 2.45) is 0 Å². The Morgan fingerprint density at radius 1 is 1.11 bits per heavy atom. The molecular formula is C19H21N7O2. The number of carbonyl (C=O) groups excluding carboxylic acids is 2. The maximum Gasteiger partial charge on any atom is 0.327 e. The number of benzene rings is 1. The van der Waals surface area contributed by atoms with Crippen molar-refractivity contribution in [2.45, 2.75) is 0 Å². The minimum Gasteiger partial charge on any atom is -0.369 e. The van der Waals surface area contributed by atoms with Crippen LogP contribution in [0.4, 0.5) is 16.2 Å². The first-order chi connectivity index (χ1) is 13.7. The molecule has 144 valence electrons. The van der Waals surface area contributed by atoms with Gasteiger partial charge in [0.25, 0.3) is 0 Å². The summed E-state index contributed by atoms with van der Waals surface area (Å²) in [5.41, 5.74) is 2.32. The zero-order chi connectivity index (χ0) is 19.3. The lowest BCUT2D eigenvalue weighted by atomic mass is 10.2. The summed E-state index contributed by atoms with van der Waals surface area (Å²) in [5, 5.41) is 9.47. The molecule has 1 aliphatic rings. The van der Waals surface area contributed by atoms with E-state index < -0.39 is 6.03 Å². The molecule has 0 saturated carbocycles. The molecule has 3 aromatic rings. The van der Waals surface area contributed by atoms with Crippen LogP contribution < -0.4 is 20.9 Å². The van der Waals surface area contributed by atoms with E-state index >= 15 is 0 Å². The normalized spacial score (nSPS) is 14.1. The fourth-order valence-electron chi connectivity index (χ4n) is 3.17. The molecule has 0 unspecified atom stereocenters. The third-order valence-electron chi connectivity index (χ3n) is 4.60. The van der Waals surface area contributed by atoms with Gasteiger partial charge in [-0.3, -0.25) is 9.36 Å². The van der Waals surface area contributed by atoms with Gasteiger partial charge in [-0.1, -0.05) is 0 Å². The number of hydrogen-bond donors (Lipinski definition) is 3. The molecule has 0 aliphatic carbocycles. The van der Waals surface area contributed by atoms with E-state index in [1.54, 1.807) is 18.5 Å². The summed E-state index contributed by atoms with van der Waals surface area (Å²) in [4.78, 5) is 34.8. The van der Waals surface area contributed by atoms with Gasteiger partial charge < -0.3 is 20.9 Å². The molecule has 3 N–H and O–H groups in total. The molecular weight excluding hydrogens is 358 g/mol. The van der Waals surface area contributed by atoms with Crippen LogP contribution in [0.3, 0.4) is 0 Å². The standard InChI is InChI=1S/C19H21N7O2/c27-17(12-22-19(28)26-8-5-14-11-21-13-23-18(14)26)24-15-1-3-16(4-2-15)25-9-6-20-7-10-25/h1-5,8,11,13,20H,6-7,9-10,12H2,(H,22,28)(H,24,27). The Morgan fingerprint density at radius 2 is 1.89 bits per heavy atom. The van der Waals surface area contributed by atoms with Crippen LogP contribution in [0, 0.1) is 0 Å². The first-order valence-corrected chi connectivity index (χ1v) is 9.11. The lowest BCUT2D eigenvalue weighted by Gasteiger charge is -2.29. The van der Waals surface area contributed by atoms with Crippen LogP contribution in [0.15, 0.2) is 49.1 Å². The van der Waals surface area contributed by atoms with Gasteiger partial charge in [0.05, 0.1) is 6.54 Å². The number of aromatic nitrogens is 3. The molecule has 0 spiro atoms. The van der Waals surface area contributed by atoms with E-state index in [0.29, 0.717) is 11.3 Å². The summed E-state index contributed by atoms with van der Waals surface area (Å²) >= 11 is 0. The Kier molecular flexibility index (Phi) is 5.16. The van der Waals surface area contributed by atoms with Crippen molar-refractivity contribution in [3.63, 3.8) is 0 Å². The summed E-state index contributed by atoms with van der Waals surface area (Å²) in [7, 11) is 0. The second kappa shape index (κ2) is 8.05. The van der Waals surface area contributed by atoms with Crippen molar-refractivity contribution in [3.05, 3.63) is 49.1 Å². The second-order valence-electron chi connectivity index (χ2n) is 6.48. The molecule has 2 amide bonds. The van der Waals surface area contributed by atoms with E-state index in [1.165, 1.54) is 10.9 Å². The van der Waals surface area contributed by atoms with Gasteiger partial charge >= 0.3 is 6.03 Å². The van der Waals surface area contributed by atoms with Gasteiger partial charge in [0.1, 0.15) is 6.33 Å². The molecule has 0 radical (unpaired) electrons. The number of hydrogen-bond acceptors (Lipinski definition) is 6. The van der Waals surface area contributed by atoms with E-state index in [0.717, 1.165) is 37.3 Å². The van der Waals surface area contributed by atoms with Gasteiger partial charge in [0.15, 0.2) is 5.65 Å². The lowest BCUT2D eigenvalue weighted by Crippen LogP contribution is -2.43. The Labute approximate surface area is 161 Å². The minimum atomic E-state index is -0.419. The van der Waals surface area contributed by atoms with E-state index in [4.69, 9.17) is 0 Å². The molecule has 1 saturated heterocycles. The molecule has 1 fully saturated rings. The molecule has 9 nitrogen and oxygen atoms in total. The average Bonchev–Trinajstić information content (AvgIpc) is 3.17. The fourth-order valence-corrected chi connectivity index (χ4v) is 3.17. The van der Waals surface area contributed by atoms with E-state index in [-0.39, 0.29) is 12.5 Å². The first kappa shape index (κ1) is 17.9.